The Bertz CT molecular complexity index is 926. The standard InChI is InChI=1S/C19H18N4O4/c1-11-17(2)26-15(12-6-5-7-13(24-3)14(12)25-4)19(10-22,16(23)27-17)18(11,8-20)9-21/h5-7,11,15,23H,1-4H3/t11-,15-,17+,19+/m1/s1. The van der Waals surface area contributed by atoms with E-state index in [1.807, 2.05) is 18.2 Å². The molecule has 3 aliphatic rings. The highest BCUT2D eigenvalue weighted by Crippen LogP contribution is 2.67. The minimum Gasteiger partial charge on any atom is -0.493 e. The monoisotopic (exact) mass is 366 g/mol. The maximum Gasteiger partial charge on any atom is 0.215 e. The second-order valence-electron chi connectivity index (χ2n) is 6.70. The Hall–Kier alpha value is -3.28. The molecular formula is C19H18N4O4. The summed E-state index contributed by atoms with van der Waals surface area (Å²) in [4.78, 5) is 0. The van der Waals surface area contributed by atoms with Crippen LogP contribution in [0.2, 0.25) is 0 Å². The van der Waals surface area contributed by atoms with E-state index in [4.69, 9.17) is 24.4 Å². The number of benzene rings is 1. The van der Waals surface area contributed by atoms with Gasteiger partial charge in [-0.15, -0.1) is 0 Å². The molecular weight excluding hydrogens is 348 g/mol. The van der Waals surface area contributed by atoms with Crippen LogP contribution in [0.4, 0.5) is 0 Å². The summed E-state index contributed by atoms with van der Waals surface area (Å²) in [6, 6.07) is 11.0. The molecule has 3 saturated heterocycles. The van der Waals surface area contributed by atoms with Crippen LogP contribution in [0.5, 0.6) is 11.5 Å². The number of nitrogens with zero attached hydrogens (tertiary/aromatic N) is 3. The van der Waals surface area contributed by atoms with Gasteiger partial charge in [0.1, 0.15) is 6.10 Å². The molecule has 0 saturated carbocycles. The topological polar surface area (TPSA) is 132 Å². The molecule has 8 heteroatoms. The van der Waals surface area contributed by atoms with Crippen molar-refractivity contribution in [3.8, 4) is 29.7 Å². The van der Waals surface area contributed by atoms with Crippen molar-refractivity contribution in [2.45, 2.75) is 25.7 Å². The predicted molar refractivity (Wildman–Crippen MR) is 91.5 cm³/mol. The van der Waals surface area contributed by atoms with Crippen LogP contribution in [0.3, 0.4) is 0 Å². The van der Waals surface area contributed by atoms with Crippen LogP contribution in [0, 0.1) is 56.2 Å². The lowest BCUT2D eigenvalue weighted by molar-refractivity contribution is -0.338. The first-order chi connectivity index (χ1) is 12.8. The fourth-order valence-corrected chi connectivity index (χ4v) is 4.07. The van der Waals surface area contributed by atoms with Gasteiger partial charge in [0.05, 0.1) is 38.3 Å². The molecule has 0 radical (unpaired) electrons. The number of hydrogen-bond acceptors (Lipinski definition) is 8. The Balaban J connectivity index is 2.38. The van der Waals surface area contributed by atoms with Gasteiger partial charge in [0.2, 0.25) is 11.7 Å². The highest BCUT2D eigenvalue weighted by atomic mass is 16.7. The highest BCUT2D eigenvalue weighted by molar-refractivity contribution is 5.89. The van der Waals surface area contributed by atoms with Gasteiger partial charge in [0.15, 0.2) is 22.3 Å². The third-order valence-electron chi connectivity index (χ3n) is 5.71. The molecule has 1 aromatic rings. The molecule has 3 aliphatic heterocycles. The third kappa shape index (κ3) is 1.95. The van der Waals surface area contributed by atoms with Crippen LogP contribution in [0.15, 0.2) is 18.2 Å². The van der Waals surface area contributed by atoms with Crippen molar-refractivity contribution in [3.63, 3.8) is 0 Å². The zero-order valence-electron chi connectivity index (χ0n) is 15.4. The first-order valence-electron chi connectivity index (χ1n) is 8.22. The van der Waals surface area contributed by atoms with E-state index in [2.05, 4.69) is 0 Å². The molecule has 3 heterocycles. The van der Waals surface area contributed by atoms with Crippen molar-refractivity contribution in [1.82, 2.24) is 0 Å². The summed E-state index contributed by atoms with van der Waals surface area (Å²) in [5.41, 5.74) is -3.41. The molecule has 138 valence electrons. The molecule has 27 heavy (non-hydrogen) atoms. The average molecular weight is 366 g/mol. The molecule has 3 fully saturated rings. The molecule has 1 aromatic carbocycles. The summed E-state index contributed by atoms with van der Waals surface area (Å²) in [6.07, 6.45) is -1.13. The lowest BCUT2D eigenvalue weighted by atomic mass is 9.51. The zero-order chi connectivity index (χ0) is 20.0. The van der Waals surface area contributed by atoms with Gasteiger partial charge in [0, 0.05) is 12.5 Å². The molecule has 0 unspecified atom stereocenters. The van der Waals surface area contributed by atoms with Crippen LogP contribution in [-0.4, -0.2) is 25.9 Å². The van der Waals surface area contributed by atoms with Gasteiger partial charge in [-0.3, -0.25) is 5.41 Å². The molecule has 0 aromatic heterocycles. The molecule has 8 nitrogen and oxygen atoms in total. The van der Waals surface area contributed by atoms with Gasteiger partial charge in [-0.2, -0.15) is 15.8 Å². The number of para-hydroxylation sites is 1. The van der Waals surface area contributed by atoms with Gasteiger partial charge < -0.3 is 18.9 Å². The van der Waals surface area contributed by atoms with Crippen LogP contribution in [-0.2, 0) is 9.47 Å². The molecule has 0 spiro atoms. The second kappa shape index (κ2) is 5.87. The predicted octanol–water partition coefficient (Wildman–Crippen LogP) is 2.68. The van der Waals surface area contributed by atoms with Crippen molar-refractivity contribution < 1.29 is 18.9 Å². The Morgan fingerprint density at radius 2 is 1.78 bits per heavy atom. The molecule has 0 aliphatic carbocycles. The van der Waals surface area contributed by atoms with E-state index in [-0.39, 0.29) is 0 Å². The van der Waals surface area contributed by atoms with E-state index in [1.165, 1.54) is 14.2 Å². The fraction of sp³-hybridized carbons (Fsp3) is 0.474. The van der Waals surface area contributed by atoms with Gasteiger partial charge in [0.25, 0.3) is 0 Å². The number of ether oxygens (including phenoxy) is 4. The van der Waals surface area contributed by atoms with Crippen LogP contribution in [0.1, 0.15) is 25.5 Å². The maximum atomic E-state index is 10.1. The quantitative estimate of drug-likeness (QED) is 0.869. The Labute approximate surface area is 156 Å². The summed E-state index contributed by atoms with van der Waals surface area (Å²) < 4.78 is 22.5. The molecule has 0 amide bonds. The van der Waals surface area contributed by atoms with Gasteiger partial charge in [-0.05, 0) is 6.07 Å². The van der Waals surface area contributed by atoms with E-state index in [0.29, 0.717) is 17.1 Å². The third-order valence-corrected chi connectivity index (χ3v) is 5.71. The first-order valence-corrected chi connectivity index (χ1v) is 8.22. The van der Waals surface area contributed by atoms with Gasteiger partial charge in [-0.25, -0.2) is 0 Å². The maximum absolute atomic E-state index is 10.1. The van der Waals surface area contributed by atoms with Crippen LogP contribution in [0.25, 0.3) is 0 Å². The van der Waals surface area contributed by atoms with E-state index in [9.17, 15) is 15.8 Å². The summed E-state index contributed by atoms with van der Waals surface area (Å²) in [7, 11) is 2.91. The summed E-state index contributed by atoms with van der Waals surface area (Å²) in [6.45, 7) is 3.18. The van der Waals surface area contributed by atoms with Crippen molar-refractivity contribution >= 4 is 5.90 Å². The van der Waals surface area contributed by atoms with E-state index in [1.54, 1.807) is 32.0 Å². The van der Waals surface area contributed by atoms with Gasteiger partial charge >= 0.3 is 0 Å². The summed E-state index contributed by atoms with van der Waals surface area (Å²) in [5.74, 6) is -1.96. The largest absolute Gasteiger partial charge is 0.493 e. The number of fused-ring (bicyclic) bond motifs is 3. The SMILES string of the molecule is COc1cccc([C@H]2O[C@@]3(C)OC(=N)[C@@]2(C#N)C(C#N)(C#N)[C@@H]3C)c1OC. The average Bonchev–Trinajstić information content (AvgIpc) is 2.68. The fourth-order valence-electron chi connectivity index (χ4n) is 4.07. The molecule has 4 atom stereocenters. The Morgan fingerprint density at radius 3 is 2.30 bits per heavy atom. The van der Waals surface area contributed by atoms with Crippen LogP contribution >= 0.6 is 0 Å². The van der Waals surface area contributed by atoms with Gasteiger partial charge in [-0.1, -0.05) is 19.1 Å². The second-order valence-corrected chi connectivity index (χ2v) is 6.70. The smallest absolute Gasteiger partial charge is 0.215 e. The minimum atomic E-state index is -1.96. The van der Waals surface area contributed by atoms with Crippen molar-refractivity contribution in [1.29, 1.82) is 21.2 Å². The molecule has 4 rings (SSSR count). The lowest BCUT2D eigenvalue weighted by Crippen LogP contribution is -2.71. The number of methoxy groups -OCH3 is 2. The zero-order valence-corrected chi connectivity index (χ0v) is 15.4. The van der Waals surface area contributed by atoms with Crippen LogP contribution < -0.4 is 9.47 Å². The summed E-state index contributed by atoms with van der Waals surface area (Å²) >= 11 is 0. The van der Waals surface area contributed by atoms with E-state index < -0.39 is 34.5 Å². The van der Waals surface area contributed by atoms with Crippen molar-refractivity contribution in [2.75, 3.05) is 14.2 Å². The number of nitrogens with one attached hydrogen (secondary N) is 1. The summed E-state index contributed by atoms with van der Waals surface area (Å²) in [5, 5.41) is 38.5. The molecule has 1 N–H and O–H groups in total. The Morgan fingerprint density at radius 1 is 1.11 bits per heavy atom. The normalized spacial score (nSPS) is 33.1. The van der Waals surface area contributed by atoms with Crippen molar-refractivity contribution in [3.05, 3.63) is 23.8 Å². The number of nitriles is 3. The van der Waals surface area contributed by atoms with E-state index >= 15 is 0 Å². The lowest BCUT2D eigenvalue weighted by Gasteiger charge is -2.60. The number of rotatable bonds is 3. The first kappa shape index (κ1) is 18.5. The van der Waals surface area contributed by atoms with Crippen molar-refractivity contribution in [2.24, 2.45) is 16.7 Å². The Kier molecular flexibility index (Phi) is 4.03. The highest BCUT2D eigenvalue weighted by Gasteiger charge is 2.78. The van der Waals surface area contributed by atoms with E-state index in [0.717, 1.165) is 0 Å². The molecule has 2 bridgehead atoms. The minimum absolute atomic E-state index is 0.306. The number of hydrogen-bond donors (Lipinski definition) is 1.